The first-order valence-electron chi connectivity index (χ1n) is 5.21. The molecule has 3 nitrogen and oxygen atoms in total. The molecule has 0 unspecified atom stereocenters. The number of rotatable bonds is 2. The fraction of sp³-hybridized carbons (Fsp3) is 0.700. The maximum Gasteiger partial charge on any atom is 0.0623 e. The molecule has 0 aliphatic carbocycles. The predicted octanol–water partition coefficient (Wildman–Crippen LogP) is 2.14. The summed E-state index contributed by atoms with van der Waals surface area (Å²) in [4.78, 5) is 2.50. The van der Waals surface area contributed by atoms with Crippen molar-refractivity contribution >= 4 is 22.6 Å². The largest absolute Gasteiger partial charge is 0.303 e. The Hall–Kier alpha value is -0.100. The molecule has 1 aliphatic rings. The molecule has 0 atom stereocenters. The fourth-order valence-electron chi connectivity index (χ4n) is 2.01. The van der Waals surface area contributed by atoms with E-state index >= 15 is 0 Å². The molecule has 0 bridgehead atoms. The fourth-order valence-corrected chi connectivity index (χ4v) is 2.42. The van der Waals surface area contributed by atoms with Gasteiger partial charge in [-0.2, -0.15) is 5.10 Å². The Kier molecular flexibility index (Phi) is 3.43. The Bertz CT molecular complexity index is 289. The van der Waals surface area contributed by atoms with E-state index in [0.29, 0.717) is 6.04 Å². The van der Waals surface area contributed by atoms with Gasteiger partial charge in [0.15, 0.2) is 0 Å². The Morgan fingerprint density at radius 2 is 2.21 bits per heavy atom. The average molecular weight is 305 g/mol. The quantitative estimate of drug-likeness (QED) is 0.781. The minimum absolute atomic E-state index is 0.626. The van der Waals surface area contributed by atoms with Crippen LogP contribution in [0.2, 0.25) is 0 Å². The molecule has 1 fully saturated rings. The SMILES string of the molecule is CCN1CCC(n2cc(I)cn2)CC1. The summed E-state index contributed by atoms with van der Waals surface area (Å²) in [6.07, 6.45) is 6.57. The summed E-state index contributed by atoms with van der Waals surface area (Å²) in [5, 5.41) is 4.38. The van der Waals surface area contributed by atoms with E-state index in [1.165, 1.54) is 36.0 Å². The third kappa shape index (κ3) is 2.28. The lowest BCUT2D eigenvalue weighted by Gasteiger charge is -2.30. The summed E-state index contributed by atoms with van der Waals surface area (Å²) >= 11 is 2.31. The van der Waals surface area contributed by atoms with Crippen molar-refractivity contribution in [3.05, 3.63) is 16.0 Å². The molecule has 0 N–H and O–H groups in total. The van der Waals surface area contributed by atoms with Crippen LogP contribution in [-0.4, -0.2) is 34.3 Å². The smallest absolute Gasteiger partial charge is 0.0623 e. The Morgan fingerprint density at radius 3 is 2.71 bits per heavy atom. The molecular weight excluding hydrogens is 289 g/mol. The number of piperidine rings is 1. The molecule has 1 aliphatic heterocycles. The topological polar surface area (TPSA) is 21.1 Å². The van der Waals surface area contributed by atoms with Crippen molar-refractivity contribution in [1.82, 2.24) is 14.7 Å². The van der Waals surface area contributed by atoms with Crippen molar-refractivity contribution in [2.45, 2.75) is 25.8 Å². The summed E-state index contributed by atoms with van der Waals surface area (Å²) < 4.78 is 3.37. The van der Waals surface area contributed by atoms with Crippen molar-refractivity contribution in [3.8, 4) is 0 Å². The van der Waals surface area contributed by atoms with Gasteiger partial charge >= 0.3 is 0 Å². The Morgan fingerprint density at radius 1 is 1.50 bits per heavy atom. The lowest BCUT2D eigenvalue weighted by atomic mass is 10.1. The van der Waals surface area contributed by atoms with E-state index in [4.69, 9.17) is 0 Å². The number of halogens is 1. The van der Waals surface area contributed by atoms with E-state index < -0.39 is 0 Å². The zero-order valence-electron chi connectivity index (χ0n) is 8.49. The van der Waals surface area contributed by atoms with E-state index in [0.717, 1.165) is 0 Å². The highest BCUT2D eigenvalue weighted by Gasteiger charge is 2.19. The minimum Gasteiger partial charge on any atom is -0.303 e. The van der Waals surface area contributed by atoms with E-state index in [1.807, 2.05) is 6.20 Å². The minimum atomic E-state index is 0.626. The first kappa shape index (κ1) is 10.4. The summed E-state index contributed by atoms with van der Waals surface area (Å²) in [6, 6.07) is 0.626. The second-order valence-corrected chi connectivity index (χ2v) is 5.05. The monoisotopic (exact) mass is 305 g/mol. The lowest BCUT2D eigenvalue weighted by molar-refractivity contribution is 0.187. The first-order chi connectivity index (χ1) is 6.79. The zero-order chi connectivity index (χ0) is 9.97. The van der Waals surface area contributed by atoms with Gasteiger partial charge in [-0.3, -0.25) is 4.68 Å². The molecule has 1 aromatic heterocycles. The van der Waals surface area contributed by atoms with Crippen molar-refractivity contribution < 1.29 is 0 Å². The molecule has 1 saturated heterocycles. The highest BCUT2D eigenvalue weighted by molar-refractivity contribution is 14.1. The van der Waals surface area contributed by atoms with Gasteiger partial charge < -0.3 is 4.90 Å². The maximum absolute atomic E-state index is 4.38. The molecule has 0 saturated carbocycles. The number of hydrogen-bond acceptors (Lipinski definition) is 2. The Labute approximate surface area is 98.6 Å². The van der Waals surface area contributed by atoms with Gasteiger partial charge in [0, 0.05) is 19.3 Å². The zero-order valence-corrected chi connectivity index (χ0v) is 10.6. The van der Waals surface area contributed by atoms with Crippen molar-refractivity contribution in [1.29, 1.82) is 0 Å². The molecule has 0 spiro atoms. The summed E-state index contributed by atoms with van der Waals surface area (Å²) in [5.74, 6) is 0. The van der Waals surface area contributed by atoms with Crippen molar-refractivity contribution in [3.63, 3.8) is 0 Å². The Balaban J connectivity index is 1.95. The summed E-state index contributed by atoms with van der Waals surface area (Å²) in [7, 11) is 0. The highest BCUT2D eigenvalue weighted by atomic mass is 127. The van der Waals surface area contributed by atoms with Gasteiger partial charge in [-0.15, -0.1) is 0 Å². The van der Waals surface area contributed by atoms with Gasteiger partial charge in [0.2, 0.25) is 0 Å². The van der Waals surface area contributed by atoms with Crippen LogP contribution in [0.25, 0.3) is 0 Å². The van der Waals surface area contributed by atoms with Gasteiger partial charge in [-0.05, 0) is 42.0 Å². The standard InChI is InChI=1S/C10H16IN3/c1-2-13-5-3-10(4-6-13)14-8-9(11)7-12-14/h7-8,10H,2-6H2,1H3. The van der Waals surface area contributed by atoms with E-state index in [2.05, 4.69) is 50.4 Å². The van der Waals surface area contributed by atoms with Gasteiger partial charge in [0.25, 0.3) is 0 Å². The lowest BCUT2D eigenvalue weighted by Crippen LogP contribution is -2.34. The van der Waals surface area contributed by atoms with E-state index in [1.54, 1.807) is 0 Å². The van der Waals surface area contributed by atoms with Crippen molar-refractivity contribution in [2.24, 2.45) is 0 Å². The summed E-state index contributed by atoms with van der Waals surface area (Å²) in [6.45, 7) is 5.86. The molecule has 78 valence electrons. The molecule has 2 rings (SSSR count). The van der Waals surface area contributed by atoms with Gasteiger partial charge in [0.1, 0.15) is 0 Å². The van der Waals surface area contributed by atoms with Crippen molar-refractivity contribution in [2.75, 3.05) is 19.6 Å². The third-order valence-electron chi connectivity index (χ3n) is 2.95. The molecular formula is C10H16IN3. The first-order valence-corrected chi connectivity index (χ1v) is 6.29. The van der Waals surface area contributed by atoms with Crippen LogP contribution in [0, 0.1) is 3.57 Å². The number of nitrogens with zero attached hydrogens (tertiary/aromatic N) is 3. The second-order valence-electron chi connectivity index (χ2n) is 3.80. The van der Waals surface area contributed by atoms with Crippen LogP contribution in [-0.2, 0) is 0 Å². The van der Waals surface area contributed by atoms with Gasteiger partial charge in [-0.25, -0.2) is 0 Å². The van der Waals surface area contributed by atoms with E-state index in [-0.39, 0.29) is 0 Å². The molecule has 2 heterocycles. The van der Waals surface area contributed by atoms with Crippen LogP contribution < -0.4 is 0 Å². The molecule has 0 radical (unpaired) electrons. The maximum atomic E-state index is 4.38. The predicted molar refractivity (Wildman–Crippen MR) is 65.3 cm³/mol. The van der Waals surface area contributed by atoms with Crippen LogP contribution in [0.5, 0.6) is 0 Å². The number of likely N-dealkylation sites (tertiary alicyclic amines) is 1. The van der Waals surface area contributed by atoms with Gasteiger partial charge in [-0.1, -0.05) is 6.92 Å². The average Bonchev–Trinajstić information content (AvgIpc) is 2.65. The second kappa shape index (κ2) is 4.61. The van der Waals surface area contributed by atoms with Crippen LogP contribution in [0.15, 0.2) is 12.4 Å². The third-order valence-corrected chi connectivity index (χ3v) is 3.51. The van der Waals surface area contributed by atoms with Crippen LogP contribution in [0.3, 0.4) is 0 Å². The normalized spacial score (nSPS) is 20.1. The highest BCUT2D eigenvalue weighted by Crippen LogP contribution is 2.21. The van der Waals surface area contributed by atoms with Crippen LogP contribution in [0.1, 0.15) is 25.8 Å². The summed E-state index contributed by atoms with van der Waals surface area (Å²) in [5.41, 5.74) is 0. The molecule has 0 amide bonds. The molecule has 14 heavy (non-hydrogen) atoms. The van der Waals surface area contributed by atoms with Crippen LogP contribution >= 0.6 is 22.6 Å². The van der Waals surface area contributed by atoms with Gasteiger partial charge in [0.05, 0.1) is 15.8 Å². The molecule has 1 aromatic rings. The number of hydrogen-bond donors (Lipinski definition) is 0. The number of aromatic nitrogens is 2. The van der Waals surface area contributed by atoms with E-state index in [9.17, 15) is 0 Å². The van der Waals surface area contributed by atoms with Crippen LogP contribution in [0.4, 0.5) is 0 Å². The molecule has 0 aromatic carbocycles. The molecule has 4 heteroatoms.